The van der Waals surface area contributed by atoms with Gasteiger partial charge in [0, 0.05) is 19.7 Å². The molecule has 0 unspecified atom stereocenters. The molecule has 0 aliphatic carbocycles. The number of carbonyl (C=O) groups is 2. The molecule has 3 aromatic rings. The van der Waals surface area contributed by atoms with Gasteiger partial charge >= 0.3 is 0 Å². The van der Waals surface area contributed by atoms with E-state index in [-0.39, 0.29) is 17.7 Å². The van der Waals surface area contributed by atoms with E-state index in [1.807, 2.05) is 13.2 Å². The molecule has 2 N–H and O–H groups in total. The topological polar surface area (TPSA) is 103 Å². The number of carbonyl (C=O) groups excluding carboxylic acids is 2. The van der Waals surface area contributed by atoms with Gasteiger partial charge in [-0.15, -0.1) is 5.06 Å². The Kier molecular flexibility index (Phi) is 3.86. The maximum absolute atomic E-state index is 12.3. The quantitative estimate of drug-likeness (QED) is 0.555. The maximum Gasteiger partial charge on any atom is 0.285 e. The van der Waals surface area contributed by atoms with Crippen LogP contribution in [-0.2, 0) is 18.3 Å². The second kappa shape index (κ2) is 6.08. The van der Waals surface area contributed by atoms with Gasteiger partial charge in [0.25, 0.3) is 11.8 Å². The molecule has 0 spiro atoms. The van der Waals surface area contributed by atoms with Crippen molar-refractivity contribution in [1.82, 2.24) is 19.6 Å². The molecular formula is C17H14ClN5O3. The molecule has 0 saturated heterocycles. The Balaban J connectivity index is 1.52. The molecule has 2 aromatic heterocycles. The minimum atomic E-state index is -0.461. The third kappa shape index (κ3) is 2.51. The number of fused-ring (bicyclic) bond motifs is 2. The first-order chi connectivity index (χ1) is 12.5. The third-order valence-electron chi connectivity index (χ3n) is 4.22. The molecule has 132 valence electrons. The van der Waals surface area contributed by atoms with E-state index in [4.69, 9.17) is 22.2 Å². The number of nitrogen functional groups attached to an aromatic ring is 1. The number of hydrogen-bond donors (Lipinski definition) is 1. The standard InChI is InChI=1S/C17H14ClN5O3/c1-22-8-9(12-13(18)20-17(19)21-14(12)22)6-7-26-23-15(24)10-4-2-3-5-11(10)16(23)25/h2-5,8H,6-7H2,1H3,(H2,19,20,21). The predicted octanol–water partition coefficient (Wildman–Crippen LogP) is 1.97. The molecular weight excluding hydrogens is 358 g/mol. The Morgan fingerprint density at radius 1 is 1.15 bits per heavy atom. The van der Waals surface area contributed by atoms with Crippen LogP contribution < -0.4 is 5.73 Å². The second-order valence-electron chi connectivity index (χ2n) is 5.87. The summed E-state index contributed by atoms with van der Waals surface area (Å²) in [6.45, 7) is 0.116. The summed E-state index contributed by atoms with van der Waals surface area (Å²) in [5, 5.41) is 1.73. The molecule has 0 bridgehead atoms. The van der Waals surface area contributed by atoms with Gasteiger partial charge in [-0.1, -0.05) is 23.7 Å². The van der Waals surface area contributed by atoms with Crippen molar-refractivity contribution in [3.05, 3.63) is 52.3 Å². The number of aryl methyl sites for hydroxylation is 1. The van der Waals surface area contributed by atoms with E-state index in [0.717, 1.165) is 10.6 Å². The summed E-state index contributed by atoms with van der Waals surface area (Å²) in [4.78, 5) is 38.2. The summed E-state index contributed by atoms with van der Waals surface area (Å²) < 4.78 is 1.79. The van der Waals surface area contributed by atoms with Crippen LogP contribution in [0.4, 0.5) is 5.95 Å². The lowest BCUT2D eigenvalue weighted by Gasteiger charge is -2.13. The summed E-state index contributed by atoms with van der Waals surface area (Å²) in [5.74, 6) is -0.826. The lowest BCUT2D eigenvalue weighted by molar-refractivity contribution is -0.0901. The van der Waals surface area contributed by atoms with Gasteiger partial charge in [-0.05, 0) is 17.7 Å². The number of nitrogens with zero attached hydrogens (tertiary/aromatic N) is 4. The van der Waals surface area contributed by atoms with E-state index in [1.165, 1.54) is 0 Å². The first-order valence-electron chi connectivity index (χ1n) is 7.85. The van der Waals surface area contributed by atoms with Gasteiger partial charge in [-0.25, -0.2) is 4.98 Å². The van der Waals surface area contributed by atoms with E-state index >= 15 is 0 Å². The fraction of sp³-hybridized carbons (Fsp3) is 0.176. The number of anilines is 1. The summed E-state index contributed by atoms with van der Waals surface area (Å²) in [7, 11) is 1.82. The van der Waals surface area contributed by atoms with Gasteiger partial charge in [0.1, 0.15) is 10.8 Å². The number of amides is 2. The van der Waals surface area contributed by atoms with Gasteiger partial charge in [-0.2, -0.15) is 4.98 Å². The van der Waals surface area contributed by atoms with Crippen molar-refractivity contribution < 1.29 is 14.4 Å². The van der Waals surface area contributed by atoms with Crippen molar-refractivity contribution in [2.75, 3.05) is 12.3 Å². The molecule has 2 amide bonds. The Hall–Kier alpha value is -2.97. The second-order valence-corrected chi connectivity index (χ2v) is 6.23. The van der Waals surface area contributed by atoms with Crippen molar-refractivity contribution in [2.45, 2.75) is 6.42 Å². The van der Waals surface area contributed by atoms with Crippen LogP contribution >= 0.6 is 11.6 Å². The maximum atomic E-state index is 12.3. The smallest absolute Gasteiger partial charge is 0.285 e. The van der Waals surface area contributed by atoms with Gasteiger partial charge in [0.15, 0.2) is 0 Å². The van der Waals surface area contributed by atoms with Crippen molar-refractivity contribution in [1.29, 1.82) is 0 Å². The number of halogens is 1. The Bertz CT molecular complexity index is 1030. The molecule has 0 saturated carbocycles. The highest BCUT2D eigenvalue weighted by Crippen LogP contribution is 2.27. The number of hydroxylamine groups is 2. The van der Waals surface area contributed by atoms with Crippen molar-refractivity contribution in [3.8, 4) is 0 Å². The van der Waals surface area contributed by atoms with E-state index in [0.29, 0.717) is 28.6 Å². The average Bonchev–Trinajstić information content (AvgIpc) is 3.05. The summed E-state index contributed by atoms with van der Waals surface area (Å²) >= 11 is 6.19. The highest BCUT2D eigenvalue weighted by molar-refractivity contribution is 6.34. The highest BCUT2D eigenvalue weighted by Gasteiger charge is 2.36. The summed E-state index contributed by atoms with van der Waals surface area (Å²) in [6.07, 6.45) is 2.26. The number of rotatable bonds is 4. The normalized spacial score (nSPS) is 13.7. The van der Waals surface area contributed by atoms with Crippen molar-refractivity contribution in [2.24, 2.45) is 7.05 Å². The molecule has 0 fully saturated rings. The van der Waals surface area contributed by atoms with Crippen LogP contribution in [-0.4, -0.2) is 38.0 Å². The van der Waals surface area contributed by atoms with Crippen LogP contribution in [0.25, 0.3) is 11.0 Å². The van der Waals surface area contributed by atoms with Crippen LogP contribution in [0.3, 0.4) is 0 Å². The van der Waals surface area contributed by atoms with Gasteiger partial charge in [-0.3, -0.25) is 14.4 Å². The van der Waals surface area contributed by atoms with Crippen LogP contribution in [0.2, 0.25) is 5.15 Å². The van der Waals surface area contributed by atoms with Gasteiger partial charge in [0.2, 0.25) is 5.95 Å². The first-order valence-corrected chi connectivity index (χ1v) is 8.23. The van der Waals surface area contributed by atoms with Crippen LogP contribution in [0.1, 0.15) is 26.3 Å². The molecule has 1 aromatic carbocycles. The average molecular weight is 372 g/mol. The van der Waals surface area contributed by atoms with Crippen molar-refractivity contribution >= 4 is 40.4 Å². The number of aromatic nitrogens is 3. The van der Waals surface area contributed by atoms with Crippen LogP contribution in [0.5, 0.6) is 0 Å². The molecule has 0 radical (unpaired) electrons. The molecule has 9 heteroatoms. The minimum absolute atomic E-state index is 0.0949. The lowest BCUT2D eigenvalue weighted by atomic mass is 10.1. The van der Waals surface area contributed by atoms with Gasteiger partial charge < -0.3 is 10.3 Å². The molecule has 4 rings (SSSR count). The van der Waals surface area contributed by atoms with Crippen LogP contribution in [0, 0.1) is 0 Å². The zero-order valence-corrected chi connectivity index (χ0v) is 14.5. The SMILES string of the molecule is Cn1cc(CCON2C(=O)c3ccccc3C2=O)c2c(Cl)nc(N)nc21. The lowest BCUT2D eigenvalue weighted by Crippen LogP contribution is -2.30. The molecule has 1 aliphatic rings. The third-order valence-corrected chi connectivity index (χ3v) is 4.49. The Morgan fingerprint density at radius 2 is 1.81 bits per heavy atom. The molecule has 8 nitrogen and oxygen atoms in total. The number of imide groups is 1. The molecule has 1 aliphatic heterocycles. The highest BCUT2D eigenvalue weighted by atomic mass is 35.5. The number of benzene rings is 1. The van der Waals surface area contributed by atoms with E-state index in [2.05, 4.69) is 9.97 Å². The van der Waals surface area contributed by atoms with E-state index in [1.54, 1.807) is 28.8 Å². The fourth-order valence-electron chi connectivity index (χ4n) is 3.05. The van der Waals surface area contributed by atoms with E-state index < -0.39 is 11.8 Å². The number of nitrogens with two attached hydrogens (primary N) is 1. The number of hydrogen-bond acceptors (Lipinski definition) is 6. The Labute approximate surface area is 153 Å². The fourth-order valence-corrected chi connectivity index (χ4v) is 3.34. The van der Waals surface area contributed by atoms with E-state index in [9.17, 15) is 9.59 Å². The zero-order chi connectivity index (χ0) is 18.4. The molecule has 3 heterocycles. The van der Waals surface area contributed by atoms with Crippen LogP contribution in [0.15, 0.2) is 30.5 Å². The van der Waals surface area contributed by atoms with Gasteiger partial charge in [0.05, 0.1) is 23.1 Å². The summed E-state index contributed by atoms with van der Waals surface area (Å²) in [6, 6.07) is 6.62. The molecule has 26 heavy (non-hydrogen) atoms. The Morgan fingerprint density at radius 3 is 2.46 bits per heavy atom. The largest absolute Gasteiger partial charge is 0.368 e. The van der Waals surface area contributed by atoms with Crippen molar-refractivity contribution in [3.63, 3.8) is 0 Å². The minimum Gasteiger partial charge on any atom is -0.368 e. The summed E-state index contributed by atoms with van der Waals surface area (Å²) in [5.41, 5.74) is 7.76. The zero-order valence-electron chi connectivity index (χ0n) is 13.8. The first kappa shape index (κ1) is 16.5. The predicted molar refractivity (Wildman–Crippen MR) is 94.5 cm³/mol. The monoisotopic (exact) mass is 371 g/mol. The molecule has 0 atom stereocenters.